The number of rotatable bonds is 31. The fourth-order valence-electron chi connectivity index (χ4n) is 5.20. The van der Waals surface area contributed by atoms with Gasteiger partial charge in [-0.25, -0.2) is 0 Å². The number of alkyl halides is 3. The van der Waals surface area contributed by atoms with E-state index in [0.29, 0.717) is 6.42 Å². The molecule has 0 bridgehead atoms. The molecule has 0 aromatic heterocycles. The summed E-state index contributed by atoms with van der Waals surface area (Å²) in [5, 5.41) is 0. The topological polar surface area (TPSA) is 9.23 Å². The van der Waals surface area contributed by atoms with Crippen LogP contribution in [0, 0.1) is 0 Å². The lowest BCUT2D eigenvalue weighted by Crippen LogP contribution is -2.06. The zero-order chi connectivity index (χ0) is 27.1. The maximum Gasteiger partial charge on any atom is 0.389 e. The molecule has 0 aliphatic heterocycles. The lowest BCUT2D eigenvalue weighted by molar-refractivity contribution is -0.135. The van der Waals surface area contributed by atoms with Crippen molar-refractivity contribution >= 4 is 0 Å². The summed E-state index contributed by atoms with van der Waals surface area (Å²) in [6.45, 7) is 4.06. The van der Waals surface area contributed by atoms with Gasteiger partial charge < -0.3 is 4.74 Å². The fourth-order valence-corrected chi connectivity index (χ4v) is 5.20. The minimum atomic E-state index is -3.97. The summed E-state index contributed by atoms with van der Waals surface area (Å²) in [4.78, 5) is 0. The van der Waals surface area contributed by atoms with Gasteiger partial charge in [0, 0.05) is 19.6 Å². The predicted molar refractivity (Wildman–Crippen MR) is 156 cm³/mol. The Morgan fingerprint density at radius 1 is 0.351 bits per heavy atom. The van der Waals surface area contributed by atoms with Crippen LogP contribution in [0.1, 0.15) is 193 Å². The number of unbranched alkanes of at least 4 members (excludes halogenated alkanes) is 26. The highest BCUT2D eigenvalue weighted by Gasteiger charge is 2.25. The van der Waals surface area contributed by atoms with E-state index in [-0.39, 0.29) is 0 Å². The van der Waals surface area contributed by atoms with E-state index in [4.69, 9.17) is 4.74 Å². The van der Waals surface area contributed by atoms with Crippen LogP contribution in [0.4, 0.5) is 13.2 Å². The summed E-state index contributed by atoms with van der Waals surface area (Å²) in [6.07, 6.45) is 31.5. The molecule has 0 saturated heterocycles. The van der Waals surface area contributed by atoms with Crippen molar-refractivity contribution in [1.82, 2.24) is 0 Å². The van der Waals surface area contributed by atoms with Crippen molar-refractivity contribution in [1.29, 1.82) is 0 Å². The van der Waals surface area contributed by atoms with E-state index in [0.717, 1.165) is 38.9 Å². The Hall–Kier alpha value is -0.250. The van der Waals surface area contributed by atoms with Gasteiger partial charge in [-0.3, -0.25) is 0 Å². The van der Waals surface area contributed by atoms with Crippen molar-refractivity contribution in [2.24, 2.45) is 0 Å². The summed E-state index contributed by atoms with van der Waals surface area (Å²) < 4.78 is 41.7. The van der Waals surface area contributed by atoms with Gasteiger partial charge in [0.2, 0.25) is 0 Å². The van der Waals surface area contributed by atoms with E-state index in [1.807, 2.05) is 0 Å². The van der Waals surface area contributed by atoms with Gasteiger partial charge >= 0.3 is 6.18 Å². The third kappa shape index (κ3) is 35.8. The Kier molecular flexibility index (Phi) is 30.1. The standard InChI is InChI=1S/C33H65F3O/c1-2-31-37-32-29-27-25-23-21-19-17-15-13-11-9-7-5-3-4-6-8-10-12-14-16-18-20-22-24-26-28-30-33(34,35)36/h2-32H2,1H3. The van der Waals surface area contributed by atoms with Crippen LogP contribution >= 0.6 is 0 Å². The summed E-state index contributed by atoms with van der Waals surface area (Å²) in [5.41, 5.74) is 0. The quantitative estimate of drug-likeness (QED) is 0.0803. The molecule has 0 aromatic carbocycles. The Labute approximate surface area is 230 Å². The van der Waals surface area contributed by atoms with E-state index >= 15 is 0 Å². The van der Waals surface area contributed by atoms with Gasteiger partial charge in [-0.2, -0.15) is 13.2 Å². The van der Waals surface area contributed by atoms with Gasteiger partial charge in [-0.15, -0.1) is 0 Å². The molecular formula is C33H65F3O. The van der Waals surface area contributed by atoms with Crippen molar-refractivity contribution in [3.8, 4) is 0 Å². The predicted octanol–water partition coefficient (Wildman–Crippen LogP) is 12.9. The average molecular weight is 535 g/mol. The van der Waals surface area contributed by atoms with E-state index < -0.39 is 12.6 Å². The highest BCUT2D eigenvalue weighted by Crippen LogP contribution is 2.23. The van der Waals surface area contributed by atoms with E-state index in [9.17, 15) is 13.2 Å². The Balaban J connectivity index is 3.04. The van der Waals surface area contributed by atoms with E-state index in [1.165, 1.54) is 148 Å². The molecule has 0 radical (unpaired) electrons. The molecule has 0 fully saturated rings. The molecule has 0 saturated carbocycles. The van der Waals surface area contributed by atoms with Crippen molar-refractivity contribution in [3.63, 3.8) is 0 Å². The molecule has 0 N–H and O–H groups in total. The normalized spacial score (nSPS) is 12.0. The second-order valence-corrected chi connectivity index (χ2v) is 11.5. The number of halogens is 3. The zero-order valence-electron chi connectivity index (χ0n) is 25.0. The molecule has 0 aliphatic rings. The van der Waals surface area contributed by atoms with Crippen LogP contribution in [0.25, 0.3) is 0 Å². The van der Waals surface area contributed by atoms with Crippen molar-refractivity contribution < 1.29 is 17.9 Å². The third-order valence-corrected chi connectivity index (χ3v) is 7.60. The van der Waals surface area contributed by atoms with Crippen LogP contribution in [0.2, 0.25) is 0 Å². The molecule has 0 spiro atoms. The SMILES string of the molecule is CCCOCCCCCCCCCCCCCCCCCCCCCCCCCCCCCC(F)(F)F. The highest BCUT2D eigenvalue weighted by molar-refractivity contribution is 4.54. The van der Waals surface area contributed by atoms with Gasteiger partial charge in [0.15, 0.2) is 0 Å². The average Bonchev–Trinajstić information content (AvgIpc) is 2.86. The van der Waals surface area contributed by atoms with Crippen LogP contribution in [0.15, 0.2) is 0 Å². The first-order valence-corrected chi connectivity index (χ1v) is 16.7. The monoisotopic (exact) mass is 534 g/mol. The fraction of sp³-hybridized carbons (Fsp3) is 1.00. The summed E-state index contributed by atoms with van der Waals surface area (Å²) in [6, 6.07) is 0. The van der Waals surface area contributed by atoms with Crippen molar-refractivity contribution in [3.05, 3.63) is 0 Å². The van der Waals surface area contributed by atoms with Crippen molar-refractivity contribution in [2.45, 2.75) is 199 Å². The van der Waals surface area contributed by atoms with Crippen LogP contribution in [-0.2, 0) is 4.74 Å². The van der Waals surface area contributed by atoms with Gasteiger partial charge in [0.1, 0.15) is 0 Å². The largest absolute Gasteiger partial charge is 0.389 e. The number of ether oxygens (including phenoxy) is 1. The van der Waals surface area contributed by atoms with Gasteiger partial charge in [0.25, 0.3) is 0 Å². The maximum absolute atomic E-state index is 12.1. The molecule has 0 aromatic rings. The van der Waals surface area contributed by atoms with Crippen LogP contribution in [-0.4, -0.2) is 19.4 Å². The summed E-state index contributed by atoms with van der Waals surface area (Å²) in [7, 11) is 0. The smallest absolute Gasteiger partial charge is 0.381 e. The molecular weight excluding hydrogens is 469 g/mol. The first kappa shape index (κ1) is 36.8. The molecule has 0 aliphatic carbocycles. The number of hydrogen-bond acceptors (Lipinski definition) is 1. The highest BCUT2D eigenvalue weighted by atomic mass is 19.4. The lowest BCUT2D eigenvalue weighted by atomic mass is 10.0. The van der Waals surface area contributed by atoms with E-state index in [2.05, 4.69) is 6.92 Å². The van der Waals surface area contributed by atoms with Crippen LogP contribution < -0.4 is 0 Å². The van der Waals surface area contributed by atoms with Crippen LogP contribution in [0.3, 0.4) is 0 Å². The summed E-state index contributed by atoms with van der Waals surface area (Å²) in [5.74, 6) is 0. The van der Waals surface area contributed by atoms with Gasteiger partial charge in [-0.05, 0) is 19.3 Å². The third-order valence-electron chi connectivity index (χ3n) is 7.60. The molecule has 4 heteroatoms. The minimum Gasteiger partial charge on any atom is -0.381 e. The Morgan fingerprint density at radius 3 is 0.838 bits per heavy atom. The molecule has 0 amide bonds. The van der Waals surface area contributed by atoms with E-state index in [1.54, 1.807) is 0 Å². The number of hydrogen-bond donors (Lipinski definition) is 0. The molecule has 0 rings (SSSR count). The molecule has 0 heterocycles. The van der Waals surface area contributed by atoms with Crippen LogP contribution in [0.5, 0.6) is 0 Å². The first-order valence-electron chi connectivity index (χ1n) is 16.7. The first-order chi connectivity index (χ1) is 18.1. The maximum atomic E-state index is 12.1. The molecule has 1 nitrogen and oxygen atoms in total. The Bertz CT molecular complexity index is 411. The lowest BCUT2D eigenvalue weighted by Gasteiger charge is -2.06. The van der Waals surface area contributed by atoms with Crippen molar-refractivity contribution in [2.75, 3.05) is 13.2 Å². The Morgan fingerprint density at radius 2 is 0.595 bits per heavy atom. The van der Waals surface area contributed by atoms with Gasteiger partial charge in [-0.1, -0.05) is 167 Å². The molecule has 0 atom stereocenters. The minimum absolute atomic E-state index is 0.306. The zero-order valence-corrected chi connectivity index (χ0v) is 25.0. The molecule has 37 heavy (non-hydrogen) atoms. The summed E-state index contributed by atoms with van der Waals surface area (Å²) >= 11 is 0. The molecule has 224 valence electrons. The second kappa shape index (κ2) is 30.3. The molecule has 0 unspecified atom stereocenters. The van der Waals surface area contributed by atoms with Gasteiger partial charge in [0.05, 0.1) is 0 Å². The second-order valence-electron chi connectivity index (χ2n) is 11.5.